The van der Waals surface area contributed by atoms with Gasteiger partial charge in [-0.1, -0.05) is 12.1 Å². The summed E-state index contributed by atoms with van der Waals surface area (Å²) < 4.78 is 10.3. The van der Waals surface area contributed by atoms with Gasteiger partial charge in [-0.3, -0.25) is 0 Å². The molecule has 1 aliphatic heterocycles. The molecule has 1 saturated heterocycles. The van der Waals surface area contributed by atoms with Gasteiger partial charge in [-0.25, -0.2) is 4.79 Å². The van der Waals surface area contributed by atoms with Crippen molar-refractivity contribution in [1.82, 2.24) is 0 Å². The Kier molecular flexibility index (Phi) is 4.58. The van der Waals surface area contributed by atoms with Gasteiger partial charge in [0.1, 0.15) is 11.3 Å². The van der Waals surface area contributed by atoms with Crippen LogP contribution >= 0.6 is 11.8 Å². The van der Waals surface area contributed by atoms with Crippen LogP contribution in [0, 0.1) is 0 Å². The van der Waals surface area contributed by atoms with Crippen molar-refractivity contribution in [2.24, 2.45) is 0 Å². The van der Waals surface area contributed by atoms with Crippen LogP contribution < -0.4 is 10.1 Å². The maximum Gasteiger partial charge on any atom is 0.331 e. The van der Waals surface area contributed by atoms with Crippen LogP contribution in [0.1, 0.15) is 12.8 Å². The summed E-state index contributed by atoms with van der Waals surface area (Å²) in [5.41, 5.74) is 0.205. The molecule has 0 aromatic heterocycles. The number of esters is 1. The quantitative estimate of drug-likeness (QED) is 0.859. The number of thioether (sulfide) groups is 1. The van der Waals surface area contributed by atoms with Gasteiger partial charge >= 0.3 is 5.97 Å². The average molecular weight is 281 g/mol. The SMILES string of the molecule is COC(=O)C1(Nc2ccccc2OC)CCSCC1. The molecule has 1 heterocycles. The summed E-state index contributed by atoms with van der Waals surface area (Å²) in [7, 11) is 3.07. The minimum atomic E-state index is -0.630. The summed E-state index contributed by atoms with van der Waals surface area (Å²) in [4.78, 5) is 12.2. The van der Waals surface area contributed by atoms with E-state index in [4.69, 9.17) is 9.47 Å². The van der Waals surface area contributed by atoms with Gasteiger partial charge in [0.2, 0.25) is 0 Å². The summed E-state index contributed by atoms with van der Waals surface area (Å²) in [6.45, 7) is 0. The molecule has 5 heteroatoms. The third-order valence-corrected chi connectivity index (χ3v) is 4.39. The fourth-order valence-electron chi connectivity index (χ4n) is 2.30. The van der Waals surface area contributed by atoms with Gasteiger partial charge in [0.15, 0.2) is 0 Å². The largest absolute Gasteiger partial charge is 0.495 e. The number of benzene rings is 1. The maximum absolute atomic E-state index is 12.2. The van der Waals surface area contributed by atoms with E-state index in [9.17, 15) is 4.79 Å². The van der Waals surface area contributed by atoms with Crippen molar-refractivity contribution in [3.8, 4) is 5.75 Å². The summed E-state index contributed by atoms with van der Waals surface area (Å²) in [6.07, 6.45) is 1.53. The molecule has 19 heavy (non-hydrogen) atoms. The number of rotatable bonds is 4. The minimum Gasteiger partial charge on any atom is -0.495 e. The summed E-state index contributed by atoms with van der Waals surface area (Å²) in [5, 5.41) is 3.35. The second-order valence-corrected chi connectivity index (χ2v) is 5.74. The highest BCUT2D eigenvalue weighted by Gasteiger charge is 2.41. The van der Waals surface area contributed by atoms with Gasteiger partial charge in [-0.15, -0.1) is 0 Å². The zero-order chi connectivity index (χ0) is 13.7. The lowest BCUT2D eigenvalue weighted by Gasteiger charge is -2.36. The smallest absolute Gasteiger partial charge is 0.331 e. The Bertz CT molecular complexity index is 444. The number of carbonyl (C=O) groups is 1. The maximum atomic E-state index is 12.2. The Morgan fingerprint density at radius 3 is 2.58 bits per heavy atom. The molecule has 1 fully saturated rings. The second kappa shape index (κ2) is 6.19. The normalized spacial score (nSPS) is 17.6. The van der Waals surface area contributed by atoms with Gasteiger partial charge < -0.3 is 14.8 Å². The van der Waals surface area contributed by atoms with Gasteiger partial charge in [0, 0.05) is 0 Å². The number of ether oxygens (including phenoxy) is 2. The van der Waals surface area contributed by atoms with E-state index in [0.717, 1.165) is 35.8 Å². The third kappa shape index (κ3) is 2.97. The summed E-state index contributed by atoms with van der Waals surface area (Å²) in [6, 6.07) is 7.63. The lowest BCUT2D eigenvalue weighted by molar-refractivity contribution is -0.146. The van der Waals surface area contributed by atoms with Crippen molar-refractivity contribution in [3.05, 3.63) is 24.3 Å². The predicted octanol–water partition coefficient (Wildman–Crippen LogP) is 2.55. The van der Waals surface area contributed by atoms with Crippen molar-refractivity contribution in [2.75, 3.05) is 31.0 Å². The molecule has 1 aliphatic rings. The zero-order valence-electron chi connectivity index (χ0n) is 11.3. The molecule has 0 saturated carbocycles. The lowest BCUT2D eigenvalue weighted by Crippen LogP contribution is -2.49. The van der Waals surface area contributed by atoms with E-state index >= 15 is 0 Å². The number of methoxy groups -OCH3 is 2. The van der Waals surface area contributed by atoms with Crippen LogP contribution in [0.4, 0.5) is 5.69 Å². The average Bonchev–Trinajstić information content (AvgIpc) is 2.48. The first-order valence-corrected chi connectivity index (χ1v) is 7.45. The first kappa shape index (κ1) is 14.1. The molecule has 0 unspecified atom stereocenters. The molecule has 0 bridgehead atoms. The highest BCUT2D eigenvalue weighted by molar-refractivity contribution is 7.99. The Morgan fingerprint density at radius 2 is 1.95 bits per heavy atom. The van der Waals surface area contributed by atoms with Crippen LogP contribution in [-0.4, -0.2) is 37.2 Å². The molecule has 4 nitrogen and oxygen atoms in total. The number of hydrogen-bond donors (Lipinski definition) is 1. The second-order valence-electron chi connectivity index (χ2n) is 4.51. The Labute approximate surface area is 117 Å². The van der Waals surface area contributed by atoms with Crippen LogP contribution in [0.5, 0.6) is 5.75 Å². The van der Waals surface area contributed by atoms with E-state index in [2.05, 4.69) is 5.32 Å². The van der Waals surface area contributed by atoms with E-state index < -0.39 is 5.54 Å². The van der Waals surface area contributed by atoms with Crippen LogP contribution in [-0.2, 0) is 9.53 Å². The molecule has 0 radical (unpaired) electrons. The number of nitrogens with one attached hydrogen (secondary N) is 1. The molecule has 1 aromatic carbocycles. The number of hydrogen-bond acceptors (Lipinski definition) is 5. The van der Waals surface area contributed by atoms with Crippen molar-refractivity contribution < 1.29 is 14.3 Å². The van der Waals surface area contributed by atoms with Gasteiger partial charge in [-0.2, -0.15) is 11.8 Å². The first-order chi connectivity index (χ1) is 9.22. The molecule has 0 aliphatic carbocycles. The third-order valence-electron chi connectivity index (χ3n) is 3.40. The Morgan fingerprint density at radius 1 is 1.26 bits per heavy atom. The van der Waals surface area contributed by atoms with E-state index in [1.54, 1.807) is 7.11 Å². The lowest BCUT2D eigenvalue weighted by atomic mass is 9.91. The van der Waals surface area contributed by atoms with E-state index in [0.29, 0.717) is 0 Å². The molecule has 0 amide bonds. The van der Waals surface area contributed by atoms with Crippen molar-refractivity contribution in [1.29, 1.82) is 0 Å². The predicted molar refractivity (Wildman–Crippen MR) is 77.9 cm³/mol. The Balaban J connectivity index is 2.27. The van der Waals surface area contributed by atoms with Gasteiger partial charge in [-0.05, 0) is 36.5 Å². The molecule has 0 spiro atoms. The fraction of sp³-hybridized carbons (Fsp3) is 0.500. The van der Waals surface area contributed by atoms with E-state index in [1.807, 2.05) is 36.0 Å². The highest BCUT2D eigenvalue weighted by atomic mass is 32.2. The Hall–Kier alpha value is -1.36. The van der Waals surface area contributed by atoms with Gasteiger partial charge in [0.25, 0.3) is 0 Å². The van der Waals surface area contributed by atoms with Crippen molar-refractivity contribution >= 4 is 23.4 Å². The minimum absolute atomic E-state index is 0.196. The molecule has 0 atom stereocenters. The van der Waals surface area contributed by atoms with E-state index in [-0.39, 0.29) is 5.97 Å². The molecule has 1 aromatic rings. The molecule has 104 valence electrons. The summed E-state index contributed by atoms with van der Waals surface area (Å²) in [5.74, 6) is 2.46. The molecular formula is C14H19NO3S. The summed E-state index contributed by atoms with van der Waals surface area (Å²) >= 11 is 1.87. The topological polar surface area (TPSA) is 47.6 Å². The van der Waals surface area contributed by atoms with Crippen LogP contribution in [0.25, 0.3) is 0 Å². The molecule has 2 rings (SSSR count). The van der Waals surface area contributed by atoms with E-state index in [1.165, 1.54) is 7.11 Å². The van der Waals surface area contributed by atoms with Crippen molar-refractivity contribution in [3.63, 3.8) is 0 Å². The van der Waals surface area contributed by atoms with Gasteiger partial charge in [0.05, 0.1) is 19.9 Å². The fourth-order valence-corrected chi connectivity index (χ4v) is 3.49. The number of para-hydroxylation sites is 2. The monoisotopic (exact) mass is 281 g/mol. The molecular weight excluding hydrogens is 262 g/mol. The van der Waals surface area contributed by atoms with Crippen LogP contribution in [0.15, 0.2) is 24.3 Å². The standard InChI is InChI=1S/C14H19NO3S/c1-17-12-6-4-3-5-11(12)15-14(13(16)18-2)7-9-19-10-8-14/h3-6,15H,7-10H2,1-2H3. The molecule has 1 N–H and O–H groups in total. The van der Waals surface area contributed by atoms with Crippen LogP contribution in [0.3, 0.4) is 0 Å². The zero-order valence-corrected chi connectivity index (χ0v) is 12.1. The van der Waals surface area contributed by atoms with Crippen molar-refractivity contribution in [2.45, 2.75) is 18.4 Å². The highest BCUT2D eigenvalue weighted by Crippen LogP contribution is 2.34. The number of carbonyl (C=O) groups excluding carboxylic acids is 1. The number of anilines is 1. The first-order valence-electron chi connectivity index (χ1n) is 6.29. The van der Waals surface area contributed by atoms with Crippen LogP contribution in [0.2, 0.25) is 0 Å².